The van der Waals surface area contributed by atoms with Crippen molar-refractivity contribution in [3.63, 3.8) is 0 Å². The molecule has 6 heteroatoms. The molecule has 0 aliphatic carbocycles. The first-order valence-corrected chi connectivity index (χ1v) is 7.25. The smallest absolute Gasteiger partial charge is 0.124 e. The van der Waals surface area contributed by atoms with Crippen LogP contribution in [0.25, 0.3) is 0 Å². The minimum atomic E-state index is -0.708. The topological polar surface area (TPSA) is 47.3 Å². The Labute approximate surface area is 110 Å². The van der Waals surface area contributed by atoms with E-state index in [9.17, 15) is 5.11 Å². The Hall–Kier alpha value is -0.230. The van der Waals surface area contributed by atoms with E-state index >= 15 is 0 Å². The molecule has 0 amide bonds. The Morgan fingerprint density at radius 1 is 1.65 bits per heavy atom. The molecule has 0 saturated carbocycles. The van der Waals surface area contributed by atoms with Gasteiger partial charge >= 0.3 is 0 Å². The molecule has 2 atom stereocenters. The Morgan fingerprint density at radius 3 is 3.00 bits per heavy atom. The lowest BCUT2D eigenvalue weighted by atomic mass is 10.1. The van der Waals surface area contributed by atoms with Gasteiger partial charge in [0.1, 0.15) is 6.10 Å². The number of halogens is 1. The summed E-state index contributed by atoms with van der Waals surface area (Å²) in [5.41, 5.74) is 0.661. The predicted molar refractivity (Wildman–Crippen MR) is 69.6 cm³/mol. The van der Waals surface area contributed by atoms with Crippen LogP contribution in [-0.4, -0.2) is 39.1 Å². The van der Waals surface area contributed by atoms with E-state index in [1.807, 2.05) is 13.8 Å². The molecule has 1 fully saturated rings. The summed E-state index contributed by atoms with van der Waals surface area (Å²) in [4.78, 5) is 0. The second-order valence-corrected chi connectivity index (χ2v) is 5.90. The molecular weight excluding hydrogens is 260 g/mol. The van der Waals surface area contributed by atoms with Crippen molar-refractivity contribution < 1.29 is 9.84 Å². The van der Waals surface area contributed by atoms with Crippen LogP contribution in [0, 0.1) is 0 Å². The predicted octanol–water partition coefficient (Wildman–Crippen LogP) is 2.28. The normalized spacial score (nSPS) is 23.0. The summed E-state index contributed by atoms with van der Waals surface area (Å²) in [7, 11) is 0. The Morgan fingerprint density at radius 2 is 2.41 bits per heavy atom. The first-order chi connectivity index (χ1) is 8.11. The van der Waals surface area contributed by atoms with Gasteiger partial charge in [0.05, 0.1) is 29.6 Å². The SMILES string of the molecule is CC(C)n1ncc(Cl)c1C(O)C1CSCCO1. The van der Waals surface area contributed by atoms with Gasteiger partial charge in [0, 0.05) is 17.5 Å². The summed E-state index contributed by atoms with van der Waals surface area (Å²) < 4.78 is 7.34. The lowest BCUT2D eigenvalue weighted by Crippen LogP contribution is -2.31. The monoisotopic (exact) mass is 276 g/mol. The lowest BCUT2D eigenvalue weighted by molar-refractivity contribution is -0.0268. The van der Waals surface area contributed by atoms with Gasteiger partial charge in [-0.3, -0.25) is 4.68 Å². The molecule has 0 radical (unpaired) electrons. The van der Waals surface area contributed by atoms with Crippen LogP contribution in [0.15, 0.2) is 6.20 Å². The van der Waals surface area contributed by atoms with E-state index in [1.54, 1.807) is 22.6 Å². The third-order valence-corrected chi connectivity index (χ3v) is 4.06. The fraction of sp³-hybridized carbons (Fsp3) is 0.727. The first kappa shape index (κ1) is 13.2. The molecule has 1 saturated heterocycles. The Kier molecular flexibility index (Phi) is 4.36. The largest absolute Gasteiger partial charge is 0.384 e. The summed E-state index contributed by atoms with van der Waals surface area (Å²) in [6.07, 6.45) is 0.677. The van der Waals surface area contributed by atoms with Crippen LogP contribution in [0.3, 0.4) is 0 Å². The fourth-order valence-electron chi connectivity index (χ4n) is 1.90. The van der Waals surface area contributed by atoms with E-state index < -0.39 is 6.10 Å². The molecule has 1 aromatic rings. The number of aromatic nitrogens is 2. The molecule has 1 N–H and O–H groups in total. The van der Waals surface area contributed by atoms with Gasteiger partial charge in [0.25, 0.3) is 0 Å². The highest BCUT2D eigenvalue weighted by molar-refractivity contribution is 7.99. The van der Waals surface area contributed by atoms with E-state index in [0.717, 1.165) is 11.5 Å². The third kappa shape index (κ3) is 2.78. The number of aliphatic hydroxyl groups is 1. The number of thioether (sulfide) groups is 1. The second kappa shape index (κ2) is 5.61. The maximum Gasteiger partial charge on any atom is 0.124 e. The van der Waals surface area contributed by atoms with E-state index in [4.69, 9.17) is 16.3 Å². The average Bonchev–Trinajstić information content (AvgIpc) is 2.71. The zero-order valence-corrected chi connectivity index (χ0v) is 11.5. The molecule has 1 aliphatic rings. The molecule has 2 rings (SSSR count). The highest BCUT2D eigenvalue weighted by Crippen LogP contribution is 2.31. The van der Waals surface area contributed by atoms with E-state index in [0.29, 0.717) is 17.3 Å². The van der Waals surface area contributed by atoms with E-state index in [2.05, 4.69) is 5.10 Å². The molecule has 96 valence electrons. The van der Waals surface area contributed by atoms with Gasteiger partial charge in [-0.2, -0.15) is 16.9 Å². The number of aliphatic hydroxyl groups excluding tert-OH is 1. The van der Waals surface area contributed by atoms with Crippen molar-refractivity contribution in [3.8, 4) is 0 Å². The second-order valence-electron chi connectivity index (χ2n) is 4.35. The minimum absolute atomic E-state index is 0.170. The van der Waals surface area contributed by atoms with E-state index in [1.165, 1.54) is 0 Å². The van der Waals surface area contributed by atoms with Crippen molar-refractivity contribution in [1.29, 1.82) is 0 Å². The number of ether oxygens (including phenoxy) is 1. The number of hydrogen-bond acceptors (Lipinski definition) is 4. The van der Waals surface area contributed by atoms with Crippen LogP contribution in [0.4, 0.5) is 0 Å². The van der Waals surface area contributed by atoms with Crippen molar-refractivity contribution in [2.45, 2.75) is 32.1 Å². The van der Waals surface area contributed by atoms with Crippen LogP contribution in [0.2, 0.25) is 5.02 Å². The minimum Gasteiger partial charge on any atom is -0.384 e. The fourth-order valence-corrected chi connectivity index (χ4v) is 3.04. The van der Waals surface area contributed by atoms with Gasteiger partial charge in [0.15, 0.2) is 0 Å². The van der Waals surface area contributed by atoms with Crippen LogP contribution in [0.1, 0.15) is 31.7 Å². The molecular formula is C11H17ClN2O2S. The quantitative estimate of drug-likeness (QED) is 0.920. The molecule has 2 heterocycles. The molecule has 0 bridgehead atoms. The van der Waals surface area contributed by atoms with Gasteiger partial charge in [-0.05, 0) is 13.8 Å². The van der Waals surface area contributed by atoms with Crippen molar-refractivity contribution >= 4 is 23.4 Å². The zero-order chi connectivity index (χ0) is 12.4. The zero-order valence-electron chi connectivity index (χ0n) is 9.97. The highest BCUT2D eigenvalue weighted by atomic mass is 35.5. The molecule has 4 nitrogen and oxygen atoms in total. The molecule has 17 heavy (non-hydrogen) atoms. The van der Waals surface area contributed by atoms with Gasteiger partial charge < -0.3 is 9.84 Å². The van der Waals surface area contributed by atoms with Crippen molar-refractivity contribution in [3.05, 3.63) is 16.9 Å². The summed E-state index contributed by atoms with van der Waals surface area (Å²) in [5.74, 6) is 1.78. The average molecular weight is 277 g/mol. The van der Waals surface area contributed by atoms with Crippen molar-refractivity contribution in [1.82, 2.24) is 9.78 Å². The molecule has 0 spiro atoms. The Balaban J connectivity index is 2.22. The highest BCUT2D eigenvalue weighted by Gasteiger charge is 2.29. The summed E-state index contributed by atoms with van der Waals surface area (Å²) >= 11 is 7.89. The van der Waals surface area contributed by atoms with E-state index in [-0.39, 0.29) is 12.1 Å². The summed E-state index contributed by atoms with van der Waals surface area (Å²) in [5, 5.41) is 15.1. The maximum atomic E-state index is 10.4. The summed E-state index contributed by atoms with van der Waals surface area (Å²) in [6.45, 7) is 4.70. The number of nitrogens with zero attached hydrogens (tertiary/aromatic N) is 2. The molecule has 1 aliphatic heterocycles. The standard InChI is InChI=1S/C11H17ClN2O2S/c1-7(2)14-10(8(12)5-13-14)11(15)9-6-17-4-3-16-9/h5,7,9,11,15H,3-4,6H2,1-2H3. The maximum absolute atomic E-state index is 10.4. The van der Waals surface area contributed by atoms with Crippen LogP contribution >= 0.6 is 23.4 Å². The molecule has 1 aromatic heterocycles. The number of hydrogen-bond donors (Lipinski definition) is 1. The lowest BCUT2D eigenvalue weighted by Gasteiger charge is -2.28. The third-order valence-electron chi connectivity index (χ3n) is 2.75. The van der Waals surface area contributed by atoms with Crippen molar-refractivity contribution in [2.75, 3.05) is 18.1 Å². The van der Waals surface area contributed by atoms with Crippen LogP contribution in [-0.2, 0) is 4.74 Å². The molecule has 2 unspecified atom stereocenters. The molecule has 0 aromatic carbocycles. The van der Waals surface area contributed by atoms with Gasteiger partial charge in [-0.15, -0.1) is 0 Å². The summed E-state index contributed by atoms with van der Waals surface area (Å²) in [6, 6.07) is 0.170. The first-order valence-electron chi connectivity index (χ1n) is 5.71. The van der Waals surface area contributed by atoms with Gasteiger partial charge in [0.2, 0.25) is 0 Å². The van der Waals surface area contributed by atoms with Gasteiger partial charge in [-0.1, -0.05) is 11.6 Å². The van der Waals surface area contributed by atoms with Crippen molar-refractivity contribution in [2.24, 2.45) is 0 Å². The van der Waals surface area contributed by atoms with Gasteiger partial charge in [-0.25, -0.2) is 0 Å². The Bertz CT molecular complexity index is 378. The van der Waals surface area contributed by atoms with Crippen LogP contribution < -0.4 is 0 Å². The number of rotatable bonds is 3. The van der Waals surface area contributed by atoms with Crippen LogP contribution in [0.5, 0.6) is 0 Å².